The van der Waals surface area contributed by atoms with Gasteiger partial charge in [0.2, 0.25) is 0 Å². The Morgan fingerprint density at radius 2 is 2.17 bits per heavy atom. The summed E-state index contributed by atoms with van der Waals surface area (Å²) in [7, 11) is 0. The average molecular weight is 309 g/mol. The lowest BCUT2D eigenvalue weighted by Crippen LogP contribution is -2.16. The normalized spacial score (nSPS) is 14.3. The third kappa shape index (κ3) is 1.29. The molecule has 92 valence electrons. The summed E-state index contributed by atoms with van der Waals surface area (Å²) in [5.41, 5.74) is 13.5. The average Bonchev–Trinajstić information content (AvgIpc) is 2.79. The molecule has 2 heterocycles. The lowest BCUT2D eigenvalue weighted by molar-refractivity contribution is -0.112. The first-order valence-electron chi connectivity index (χ1n) is 5.19. The maximum atomic E-state index is 11.5. The standard InChI is InChI=1S/C10H9BrN6O/c1-3-15-16-10-14-8(11)7-5(17(3)10)2-4(12)6(7)9(13)18/h2,12H2,1H3,(H2,13,18). The predicted octanol–water partition coefficient (Wildman–Crippen LogP) is -0.0936. The molecule has 7 nitrogen and oxygen atoms in total. The van der Waals surface area contributed by atoms with Crippen molar-refractivity contribution >= 4 is 33.2 Å². The van der Waals surface area contributed by atoms with E-state index in [1.165, 1.54) is 0 Å². The third-order valence-corrected chi connectivity index (χ3v) is 3.52. The van der Waals surface area contributed by atoms with Gasteiger partial charge in [-0.2, -0.15) is 0 Å². The number of primary amides is 1. The number of nitrogens with zero attached hydrogens (tertiary/aromatic N) is 4. The van der Waals surface area contributed by atoms with Crippen LogP contribution in [0.25, 0.3) is 11.4 Å². The number of hydrogen-bond donors (Lipinski definition) is 2. The van der Waals surface area contributed by atoms with E-state index in [1.807, 2.05) is 6.92 Å². The van der Waals surface area contributed by atoms with Gasteiger partial charge in [0, 0.05) is 23.4 Å². The molecule has 0 aromatic carbocycles. The summed E-state index contributed by atoms with van der Waals surface area (Å²) in [5.74, 6) is 0.607. The Hall–Kier alpha value is -1.96. The van der Waals surface area contributed by atoms with Gasteiger partial charge >= 0.3 is 0 Å². The molecule has 8 heteroatoms. The van der Waals surface area contributed by atoms with Gasteiger partial charge in [-0.25, -0.2) is 4.98 Å². The van der Waals surface area contributed by atoms with Crippen LogP contribution in [0.1, 0.15) is 17.1 Å². The van der Waals surface area contributed by atoms with Gasteiger partial charge in [-0.3, -0.25) is 9.20 Å². The molecule has 0 aliphatic heterocycles. The number of aromatic nitrogens is 4. The van der Waals surface area contributed by atoms with Crippen molar-refractivity contribution in [3.8, 4) is 0 Å². The number of carbonyl (C=O) groups excluding carboxylic acids is 1. The summed E-state index contributed by atoms with van der Waals surface area (Å²) < 4.78 is 2.29. The second-order valence-corrected chi connectivity index (χ2v) is 4.80. The molecule has 1 aliphatic carbocycles. The predicted molar refractivity (Wildman–Crippen MR) is 67.2 cm³/mol. The molecule has 0 bridgehead atoms. The van der Waals surface area contributed by atoms with E-state index in [9.17, 15) is 4.79 Å². The van der Waals surface area contributed by atoms with Crippen LogP contribution in [-0.4, -0.2) is 25.5 Å². The van der Waals surface area contributed by atoms with E-state index in [0.717, 1.165) is 5.69 Å². The molecule has 4 N–H and O–H groups in total. The van der Waals surface area contributed by atoms with Crippen molar-refractivity contribution in [1.29, 1.82) is 0 Å². The SMILES string of the molecule is Cc1nnc2nc(Br)c3c(n12)CC(N)=C3C(N)=O. The Morgan fingerprint density at radius 1 is 1.44 bits per heavy atom. The number of nitrogens with two attached hydrogens (primary N) is 2. The van der Waals surface area contributed by atoms with Crippen LogP contribution in [0.5, 0.6) is 0 Å². The summed E-state index contributed by atoms with van der Waals surface area (Å²) in [5, 5.41) is 7.91. The van der Waals surface area contributed by atoms with Crippen LogP contribution >= 0.6 is 15.9 Å². The minimum Gasteiger partial charge on any atom is -0.401 e. The molecule has 0 spiro atoms. The summed E-state index contributed by atoms with van der Waals surface area (Å²) in [6.45, 7) is 1.81. The molecule has 2 aromatic rings. The monoisotopic (exact) mass is 308 g/mol. The summed E-state index contributed by atoms with van der Waals surface area (Å²) >= 11 is 3.32. The fourth-order valence-corrected chi connectivity index (χ4v) is 2.83. The van der Waals surface area contributed by atoms with E-state index in [4.69, 9.17) is 11.5 Å². The van der Waals surface area contributed by atoms with Crippen molar-refractivity contribution in [2.45, 2.75) is 13.3 Å². The van der Waals surface area contributed by atoms with E-state index in [-0.39, 0.29) is 0 Å². The lowest BCUT2D eigenvalue weighted by Gasteiger charge is -2.07. The summed E-state index contributed by atoms with van der Waals surface area (Å²) in [6.07, 6.45) is 0.435. The van der Waals surface area contributed by atoms with Crippen molar-refractivity contribution in [1.82, 2.24) is 19.6 Å². The molecule has 3 rings (SSSR count). The highest BCUT2D eigenvalue weighted by Crippen LogP contribution is 2.35. The van der Waals surface area contributed by atoms with Gasteiger partial charge in [0.05, 0.1) is 5.57 Å². The van der Waals surface area contributed by atoms with Crippen molar-refractivity contribution in [2.24, 2.45) is 11.5 Å². The van der Waals surface area contributed by atoms with Crippen LogP contribution in [0, 0.1) is 6.92 Å². The minimum atomic E-state index is -0.557. The number of amides is 1. The van der Waals surface area contributed by atoms with Crippen molar-refractivity contribution in [3.63, 3.8) is 0 Å². The third-order valence-electron chi connectivity index (χ3n) is 2.95. The van der Waals surface area contributed by atoms with Gasteiger partial charge in [-0.1, -0.05) is 0 Å². The molecule has 0 radical (unpaired) electrons. The number of allylic oxidation sites excluding steroid dienone is 1. The Bertz CT molecular complexity index is 732. The van der Waals surface area contributed by atoms with E-state index in [1.54, 1.807) is 4.40 Å². The van der Waals surface area contributed by atoms with E-state index in [0.29, 0.717) is 39.5 Å². The van der Waals surface area contributed by atoms with Crippen molar-refractivity contribution in [3.05, 3.63) is 27.4 Å². The van der Waals surface area contributed by atoms with Crippen LogP contribution in [0.4, 0.5) is 0 Å². The molecule has 1 aliphatic rings. The molecule has 0 atom stereocenters. The molecule has 18 heavy (non-hydrogen) atoms. The van der Waals surface area contributed by atoms with Gasteiger partial charge in [-0.05, 0) is 22.9 Å². The quantitative estimate of drug-likeness (QED) is 0.715. The Morgan fingerprint density at radius 3 is 2.83 bits per heavy atom. The molecule has 1 amide bonds. The van der Waals surface area contributed by atoms with E-state index in [2.05, 4.69) is 31.1 Å². The Labute approximate surface area is 110 Å². The minimum absolute atomic E-state index is 0.319. The zero-order chi connectivity index (χ0) is 13.0. The summed E-state index contributed by atoms with van der Waals surface area (Å²) in [6, 6.07) is 0. The molecule has 0 saturated heterocycles. The number of rotatable bonds is 1. The number of fused-ring (bicyclic) bond motifs is 3. The molecule has 2 aromatic heterocycles. The van der Waals surface area contributed by atoms with E-state index < -0.39 is 5.91 Å². The van der Waals surface area contributed by atoms with Crippen LogP contribution in [0.15, 0.2) is 10.3 Å². The van der Waals surface area contributed by atoms with Gasteiger partial charge in [0.15, 0.2) is 0 Å². The second kappa shape index (κ2) is 3.52. The van der Waals surface area contributed by atoms with Gasteiger partial charge in [-0.15, -0.1) is 10.2 Å². The highest BCUT2D eigenvalue weighted by Gasteiger charge is 2.30. The lowest BCUT2D eigenvalue weighted by atomic mass is 10.1. The number of halogens is 1. The molecule has 0 unspecified atom stereocenters. The molecule has 0 saturated carbocycles. The molecular formula is C10H9BrN6O. The van der Waals surface area contributed by atoms with Gasteiger partial charge in [0.1, 0.15) is 10.4 Å². The highest BCUT2D eigenvalue weighted by molar-refractivity contribution is 9.10. The topological polar surface area (TPSA) is 112 Å². The van der Waals surface area contributed by atoms with Gasteiger partial charge in [0.25, 0.3) is 11.7 Å². The largest absolute Gasteiger partial charge is 0.401 e. The highest BCUT2D eigenvalue weighted by atomic mass is 79.9. The number of carbonyl (C=O) groups is 1. The van der Waals surface area contributed by atoms with Crippen molar-refractivity contribution < 1.29 is 4.79 Å². The maximum absolute atomic E-state index is 11.5. The smallest absolute Gasteiger partial charge is 0.256 e. The van der Waals surface area contributed by atoms with E-state index >= 15 is 0 Å². The van der Waals surface area contributed by atoms with Crippen molar-refractivity contribution in [2.75, 3.05) is 0 Å². The maximum Gasteiger partial charge on any atom is 0.256 e. The Kier molecular flexibility index (Phi) is 2.18. The molecule has 0 fully saturated rings. The number of hydrogen-bond acceptors (Lipinski definition) is 5. The first kappa shape index (κ1) is 11.1. The number of aryl methyl sites for hydroxylation is 1. The van der Waals surface area contributed by atoms with Crippen LogP contribution < -0.4 is 11.5 Å². The Balaban J connectivity index is 2.42. The fraction of sp³-hybridized carbons (Fsp3) is 0.200. The molecular weight excluding hydrogens is 300 g/mol. The zero-order valence-corrected chi connectivity index (χ0v) is 11.0. The first-order chi connectivity index (χ1) is 8.50. The van der Waals surface area contributed by atoms with Gasteiger partial charge < -0.3 is 11.5 Å². The van der Waals surface area contributed by atoms with Crippen LogP contribution in [0.3, 0.4) is 0 Å². The zero-order valence-electron chi connectivity index (χ0n) is 9.44. The van der Waals surface area contributed by atoms with Crippen LogP contribution in [0.2, 0.25) is 0 Å². The van der Waals surface area contributed by atoms with Crippen LogP contribution in [-0.2, 0) is 11.2 Å². The first-order valence-corrected chi connectivity index (χ1v) is 5.99. The second-order valence-electron chi connectivity index (χ2n) is 4.05. The fourth-order valence-electron chi connectivity index (χ4n) is 2.24. The summed E-state index contributed by atoms with van der Waals surface area (Å²) in [4.78, 5) is 15.7.